The van der Waals surface area contributed by atoms with Gasteiger partial charge in [-0.2, -0.15) is 15.0 Å². The highest BCUT2D eigenvalue weighted by atomic mass is 16.4. The molecule has 0 aliphatic rings. The molecule has 7 nitrogen and oxygen atoms in total. The summed E-state index contributed by atoms with van der Waals surface area (Å²) in [5, 5.41) is 23.0. The number of nitrogens with one attached hydrogen (secondary N) is 2. The van der Waals surface area contributed by atoms with Gasteiger partial charge in [0.1, 0.15) is 17.4 Å². The quantitative estimate of drug-likeness (QED) is 0.430. The van der Waals surface area contributed by atoms with Crippen LogP contribution < -0.4 is 5.32 Å². The number of H-pyrrole nitrogens is 1. The molecule has 2 heterocycles. The Kier molecular flexibility index (Phi) is 5.39. The van der Waals surface area contributed by atoms with Crippen LogP contribution in [0.4, 0.5) is 0 Å². The number of benzene rings is 2. The molecule has 0 aliphatic carbocycles. The molecule has 0 aliphatic heterocycles. The van der Waals surface area contributed by atoms with E-state index in [1.165, 1.54) is 0 Å². The number of para-hydroxylation sites is 1. The summed E-state index contributed by atoms with van der Waals surface area (Å²) in [6.07, 6.45) is 2.26. The van der Waals surface area contributed by atoms with Gasteiger partial charge in [0.2, 0.25) is 0 Å². The smallest absolute Gasteiger partial charge is 0.321 e. The number of aromatic nitrogens is 4. The molecule has 0 spiro atoms. The number of aromatic amines is 1. The van der Waals surface area contributed by atoms with E-state index >= 15 is 0 Å². The normalized spacial score (nSPS) is 12.3. The second-order valence-corrected chi connectivity index (χ2v) is 6.89. The Morgan fingerprint density at radius 2 is 1.90 bits per heavy atom. The highest BCUT2D eigenvalue weighted by Crippen LogP contribution is 2.21. The van der Waals surface area contributed by atoms with Gasteiger partial charge >= 0.3 is 5.97 Å². The number of carbonyl (C=O) groups is 1. The van der Waals surface area contributed by atoms with Crippen LogP contribution in [0.15, 0.2) is 60.8 Å². The van der Waals surface area contributed by atoms with Gasteiger partial charge in [-0.1, -0.05) is 48.5 Å². The van der Waals surface area contributed by atoms with E-state index in [0.29, 0.717) is 19.5 Å². The van der Waals surface area contributed by atoms with Crippen molar-refractivity contribution in [2.45, 2.75) is 32.5 Å². The molecule has 7 heteroatoms. The molecular formula is C22H23N5O2. The van der Waals surface area contributed by atoms with E-state index in [0.717, 1.165) is 33.4 Å². The highest BCUT2D eigenvalue weighted by molar-refractivity contribution is 5.84. The summed E-state index contributed by atoms with van der Waals surface area (Å²) in [7, 11) is 0. The van der Waals surface area contributed by atoms with Crippen molar-refractivity contribution in [2.24, 2.45) is 0 Å². The fourth-order valence-electron chi connectivity index (χ4n) is 3.45. The van der Waals surface area contributed by atoms with E-state index in [1.54, 1.807) is 4.80 Å². The number of hydrogen-bond donors (Lipinski definition) is 3. The maximum absolute atomic E-state index is 11.9. The molecule has 3 N–H and O–H groups in total. The topological polar surface area (TPSA) is 95.8 Å². The van der Waals surface area contributed by atoms with Crippen LogP contribution in [-0.2, 0) is 24.3 Å². The zero-order chi connectivity index (χ0) is 20.2. The number of fused-ring (bicyclic) bond motifs is 1. The lowest BCUT2D eigenvalue weighted by molar-refractivity contribution is -0.139. The largest absolute Gasteiger partial charge is 0.480 e. The monoisotopic (exact) mass is 389 g/mol. The Balaban J connectivity index is 1.55. The standard InChI is InChI=1S/C22H23N5O2/c1-2-27-25-20(21(26-27)15-8-4-3-5-9-15)14-24-19(22(28)29)12-16-13-23-18-11-7-6-10-17(16)18/h3-11,13,19,23-24H,2,12,14H2,1H3,(H,28,29)/t19-/m1/s1. The van der Waals surface area contributed by atoms with Crippen molar-refractivity contribution in [3.05, 3.63) is 72.1 Å². The molecule has 0 unspecified atom stereocenters. The average Bonchev–Trinajstić information content (AvgIpc) is 3.35. The summed E-state index contributed by atoms with van der Waals surface area (Å²) in [6.45, 7) is 2.95. The maximum atomic E-state index is 11.9. The predicted molar refractivity (Wildman–Crippen MR) is 111 cm³/mol. The van der Waals surface area contributed by atoms with Crippen molar-refractivity contribution in [2.75, 3.05) is 0 Å². The number of carboxylic acids is 1. The van der Waals surface area contributed by atoms with E-state index in [2.05, 4.69) is 20.5 Å². The van der Waals surface area contributed by atoms with Crippen molar-refractivity contribution < 1.29 is 9.90 Å². The second kappa shape index (κ2) is 8.28. The molecule has 0 amide bonds. The van der Waals surface area contributed by atoms with Crippen LogP contribution in [0.1, 0.15) is 18.2 Å². The van der Waals surface area contributed by atoms with Crippen LogP contribution in [0.2, 0.25) is 0 Å². The van der Waals surface area contributed by atoms with Gasteiger partial charge < -0.3 is 10.1 Å². The minimum absolute atomic E-state index is 0.323. The lowest BCUT2D eigenvalue weighted by Gasteiger charge is -2.13. The Morgan fingerprint density at radius 1 is 1.14 bits per heavy atom. The van der Waals surface area contributed by atoms with E-state index in [-0.39, 0.29) is 0 Å². The third kappa shape index (κ3) is 4.05. The summed E-state index contributed by atoms with van der Waals surface area (Å²) < 4.78 is 0. The highest BCUT2D eigenvalue weighted by Gasteiger charge is 2.21. The Labute approximate surface area is 168 Å². The van der Waals surface area contributed by atoms with Crippen molar-refractivity contribution in [1.82, 2.24) is 25.3 Å². The second-order valence-electron chi connectivity index (χ2n) is 6.89. The first-order chi connectivity index (χ1) is 14.2. The van der Waals surface area contributed by atoms with Gasteiger partial charge in [-0.15, -0.1) is 0 Å². The molecule has 29 heavy (non-hydrogen) atoms. The SMILES string of the molecule is CCn1nc(CN[C@H](Cc2c[nH]c3ccccc23)C(=O)O)c(-c2ccccc2)n1. The summed E-state index contributed by atoms with van der Waals surface area (Å²) in [5.74, 6) is -0.889. The van der Waals surface area contributed by atoms with Crippen molar-refractivity contribution in [3.63, 3.8) is 0 Å². The lowest BCUT2D eigenvalue weighted by Crippen LogP contribution is -2.38. The summed E-state index contributed by atoms with van der Waals surface area (Å²) in [6, 6.07) is 17.0. The third-order valence-electron chi connectivity index (χ3n) is 4.97. The summed E-state index contributed by atoms with van der Waals surface area (Å²) >= 11 is 0. The molecule has 1 atom stereocenters. The maximum Gasteiger partial charge on any atom is 0.321 e. The number of aryl methyl sites for hydroxylation is 1. The Bertz CT molecular complexity index is 1120. The molecule has 0 bridgehead atoms. The zero-order valence-corrected chi connectivity index (χ0v) is 16.2. The molecular weight excluding hydrogens is 366 g/mol. The first-order valence-corrected chi connectivity index (χ1v) is 9.66. The molecule has 0 saturated heterocycles. The molecule has 4 rings (SSSR count). The van der Waals surface area contributed by atoms with Crippen LogP contribution in [-0.4, -0.2) is 37.1 Å². The third-order valence-corrected chi connectivity index (χ3v) is 4.97. The minimum atomic E-state index is -0.889. The summed E-state index contributed by atoms with van der Waals surface area (Å²) in [5.41, 5.74) is 4.46. The van der Waals surface area contributed by atoms with Gasteiger partial charge in [0, 0.05) is 35.6 Å². The van der Waals surface area contributed by atoms with Crippen LogP contribution >= 0.6 is 0 Å². The Morgan fingerprint density at radius 3 is 2.66 bits per heavy atom. The number of aliphatic carboxylic acids is 1. The van der Waals surface area contributed by atoms with Gasteiger partial charge in [0.15, 0.2) is 0 Å². The molecule has 4 aromatic rings. The van der Waals surface area contributed by atoms with Crippen molar-refractivity contribution in [1.29, 1.82) is 0 Å². The number of rotatable bonds is 8. The van der Waals surface area contributed by atoms with Gasteiger partial charge in [-0.25, -0.2) is 0 Å². The van der Waals surface area contributed by atoms with Gasteiger partial charge in [0.05, 0.1) is 6.54 Å². The van der Waals surface area contributed by atoms with Crippen molar-refractivity contribution >= 4 is 16.9 Å². The van der Waals surface area contributed by atoms with Crippen LogP contribution in [0.3, 0.4) is 0 Å². The van der Waals surface area contributed by atoms with E-state index in [1.807, 2.05) is 67.7 Å². The predicted octanol–water partition coefficient (Wildman–Crippen LogP) is 3.23. The molecule has 0 radical (unpaired) electrons. The van der Waals surface area contributed by atoms with Crippen LogP contribution in [0, 0.1) is 0 Å². The lowest BCUT2D eigenvalue weighted by atomic mass is 10.0. The van der Waals surface area contributed by atoms with Crippen LogP contribution in [0.5, 0.6) is 0 Å². The van der Waals surface area contributed by atoms with Crippen LogP contribution in [0.25, 0.3) is 22.2 Å². The minimum Gasteiger partial charge on any atom is -0.480 e. The van der Waals surface area contributed by atoms with Crippen molar-refractivity contribution in [3.8, 4) is 11.3 Å². The molecule has 148 valence electrons. The molecule has 2 aromatic heterocycles. The number of nitrogens with zero attached hydrogens (tertiary/aromatic N) is 3. The van der Waals surface area contributed by atoms with Gasteiger partial charge in [-0.05, 0) is 18.6 Å². The molecule has 0 saturated carbocycles. The fraction of sp³-hybridized carbons (Fsp3) is 0.227. The zero-order valence-electron chi connectivity index (χ0n) is 16.2. The summed E-state index contributed by atoms with van der Waals surface area (Å²) in [4.78, 5) is 16.7. The number of hydrogen-bond acceptors (Lipinski definition) is 4. The fourth-order valence-corrected chi connectivity index (χ4v) is 3.45. The van der Waals surface area contributed by atoms with Gasteiger partial charge in [0.25, 0.3) is 0 Å². The first-order valence-electron chi connectivity index (χ1n) is 9.66. The van der Waals surface area contributed by atoms with E-state index in [4.69, 9.17) is 0 Å². The molecule has 2 aromatic carbocycles. The van der Waals surface area contributed by atoms with E-state index < -0.39 is 12.0 Å². The number of carboxylic acid groups (broad SMARTS) is 1. The first kappa shape index (κ1) is 18.9. The Hall–Kier alpha value is -3.45. The average molecular weight is 389 g/mol. The van der Waals surface area contributed by atoms with E-state index in [9.17, 15) is 9.90 Å². The molecule has 0 fully saturated rings. The van der Waals surface area contributed by atoms with Gasteiger partial charge in [-0.3, -0.25) is 10.1 Å².